The molecule has 0 aromatic carbocycles. The molecule has 0 bridgehead atoms. The predicted molar refractivity (Wildman–Crippen MR) is 65.7 cm³/mol. The number of ether oxygens (including phenoxy) is 2. The van der Waals surface area contributed by atoms with Crippen molar-refractivity contribution in [2.24, 2.45) is 11.3 Å². The first kappa shape index (κ1) is 12.9. The molecule has 2 saturated carbocycles. The van der Waals surface area contributed by atoms with Gasteiger partial charge in [0.2, 0.25) is 0 Å². The zero-order valence-electron chi connectivity index (χ0n) is 11.0. The Bertz CT molecular complexity index is 269. The number of hydrogen-bond acceptors (Lipinski definition) is 3. The van der Waals surface area contributed by atoms with Crippen LogP contribution < -0.4 is 0 Å². The van der Waals surface area contributed by atoms with E-state index >= 15 is 0 Å². The molecule has 0 aromatic heterocycles. The van der Waals surface area contributed by atoms with E-state index in [4.69, 9.17) is 9.47 Å². The molecule has 0 N–H and O–H groups in total. The lowest BCUT2D eigenvalue weighted by molar-refractivity contribution is -0.146. The van der Waals surface area contributed by atoms with Crippen molar-refractivity contribution in [1.29, 1.82) is 0 Å². The molecular formula is C14H24O3. The number of fused-ring (bicyclic) bond motifs is 1. The quantitative estimate of drug-likeness (QED) is 0.581. The average molecular weight is 240 g/mol. The minimum absolute atomic E-state index is 0.0743. The molecule has 2 fully saturated rings. The standard InChI is InChI=1S/C14H24O3/c1-3-7-17-12(8-13(15)16-4-2)5-6-14-9-11(14)10-14/h11-12H,3-10H2,1-2H3. The van der Waals surface area contributed by atoms with Gasteiger partial charge in [0.1, 0.15) is 0 Å². The van der Waals surface area contributed by atoms with Crippen molar-refractivity contribution in [1.82, 2.24) is 0 Å². The first-order valence-electron chi connectivity index (χ1n) is 6.97. The van der Waals surface area contributed by atoms with Crippen LogP contribution in [0.25, 0.3) is 0 Å². The Morgan fingerprint density at radius 2 is 2.12 bits per heavy atom. The van der Waals surface area contributed by atoms with Crippen molar-refractivity contribution in [3.8, 4) is 0 Å². The molecule has 2 aliphatic carbocycles. The molecule has 1 unspecified atom stereocenters. The Kier molecular flexibility index (Phi) is 4.08. The lowest BCUT2D eigenvalue weighted by Crippen LogP contribution is -2.20. The summed E-state index contributed by atoms with van der Waals surface area (Å²) in [5, 5.41) is 0. The van der Waals surface area contributed by atoms with Crippen LogP contribution in [-0.4, -0.2) is 25.3 Å². The van der Waals surface area contributed by atoms with E-state index in [2.05, 4.69) is 6.92 Å². The van der Waals surface area contributed by atoms with E-state index < -0.39 is 0 Å². The Hall–Kier alpha value is -0.570. The molecule has 0 aliphatic heterocycles. The van der Waals surface area contributed by atoms with Gasteiger partial charge >= 0.3 is 5.97 Å². The second-order valence-electron chi connectivity index (χ2n) is 5.51. The number of carbonyl (C=O) groups is 1. The van der Waals surface area contributed by atoms with Gasteiger partial charge in [-0.25, -0.2) is 0 Å². The van der Waals surface area contributed by atoms with Gasteiger partial charge in [0.15, 0.2) is 0 Å². The van der Waals surface area contributed by atoms with Crippen molar-refractivity contribution in [2.45, 2.75) is 58.5 Å². The lowest BCUT2D eigenvalue weighted by Gasteiger charge is -2.17. The topological polar surface area (TPSA) is 35.5 Å². The van der Waals surface area contributed by atoms with Crippen molar-refractivity contribution < 1.29 is 14.3 Å². The second-order valence-corrected chi connectivity index (χ2v) is 5.51. The largest absolute Gasteiger partial charge is 0.466 e. The Morgan fingerprint density at radius 3 is 2.65 bits per heavy atom. The third kappa shape index (κ3) is 3.44. The fraction of sp³-hybridized carbons (Fsp3) is 0.929. The van der Waals surface area contributed by atoms with Crippen LogP contribution in [0.15, 0.2) is 0 Å². The molecule has 0 amide bonds. The highest BCUT2D eigenvalue weighted by Crippen LogP contribution is 2.77. The normalized spacial score (nSPS) is 30.6. The highest BCUT2D eigenvalue weighted by molar-refractivity contribution is 5.69. The molecular weight excluding hydrogens is 216 g/mol. The summed E-state index contributed by atoms with van der Waals surface area (Å²) in [6.07, 6.45) is 6.62. The predicted octanol–water partition coefficient (Wildman–Crippen LogP) is 2.93. The monoisotopic (exact) mass is 240 g/mol. The summed E-state index contributed by atoms with van der Waals surface area (Å²) in [5.74, 6) is 0.908. The summed E-state index contributed by atoms with van der Waals surface area (Å²) >= 11 is 0. The Morgan fingerprint density at radius 1 is 1.41 bits per heavy atom. The third-order valence-electron chi connectivity index (χ3n) is 4.07. The van der Waals surface area contributed by atoms with Crippen LogP contribution >= 0.6 is 0 Å². The number of hydrogen-bond donors (Lipinski definition) is 0. The van der Waals surface area contributed by atoms with Gasteiger partial charge in [0.25, 0.3) is 0 Å². The fourth-order valence-electron chi connectivity index (χ4n) is 2.60. The molecule has 3 heteroatoms. The summed E-state index contributed by atoms with van der Waals surface area (Å²) in [5.41, 5.74) is 0.697. The maximum atomic E-state index is 11.5. The number of rotatable bonds is 9. The minimum atomic E-state index is -0.116. The first-order chi connectivity index (χ1) is 8.20. The van der Waals surface area contributed by atoms with E-state index in [1.54, 1.807) is 0 Å². The molecule has 1 atom stereocenters. The van der Waals surface area contributed by atoms with E-state index in [0.29, 0.717) is 18.4 Å². The van der Waals surface area contributed by atoms with Gasteiger partial charge in [0, 0.05) is 6.61 Å². The Labute approximate surface area is 104 Å². The van der Waals surface area contributed by atoms with Crippen LogP contribution in [0, 0.1) is 11.3 Å². The van der Waals surface area contributed by atoms with Crippen LogP contribution in [0.1, 0.15) is 52.4 Å². The van der Waals surface area contributed by atoms with Gasteiger partial charge in [-0.3, -0.25) is 4.79 Å². The highest BCUT2D eigenvalue weighted by Gasteiger charge is 2.68. The van der Waals surface area contributed by atoms with Crippen LogP contribution in [0.2, 0.25) is 0 Å². The van der Waals surface area contributed by atoms with Crippen molar-refractivity contribution in [3.05, 3.63) is 0 Å². The summed E-state index contributed by atoms with van der Waals surface area (Å²) in [6, 6.07) is 0. The third-order valence-corrected chi connectivity index (χ3v) is 4.07. The van der Waals surface area contributed by atoms with Gasteiger partial charge in [-0.1, -0.05) is 6.92 Å². The lowest BCUT2D eigenvalue weighted by atomic mass is 10.0. The molecule has 17 heavy (non-hydrogen) atoms. The Balaban J connectivity index is 1.68. The van der Waals surface area contributed by atoms with Gasteiger partial charge in [-0.05, 0) is 50.4 Å². The molecule has 3 nitrogen and oxygen atoms in total. The zero-order valence-corrected chi connectivity index (χ0v) is 11.0. The maximum Gasteiger partial charge on any atom is 0.308 e. The van der Waals surface area contributed by atoms with Crippen LogP contribution in [0.4, 0.5) is 0 Å². The van der Waals surface area contributed by atoms with Gasteiger partial charge < -0.3 is 9.47 Å². The van der Waals surface area contributed by atoms with Gasteiger partial charge in [0.05, 0.1) is 19.1 Å². The smallest absolute Gasteiger partial charge is 0.308 e. The van der Waals surface area contributed by atoms with Crippen LogP contribution in [-0.2, 0) is 14.3 Å². The van der Waals surface area contributed by atoms with E-state index in [1.165, 1.54) is 19.3 Å². The SMILES string of the molecule is CCCOC(CCC12CC1C2)CC(=O)OCC. The molecule has 98 valence electrons. The molecule has 0 saturated heterocycles. The second kappa shape index (κ2) is 5.38. The van der Waals surface area contributed by atoms with Crippen LogP contribution in [0.5, 0.6) is 0 Å². The van der Waals surface area contributed by atoms with Gasteiger partial charge in [-0.15, -0.1) is 0 Å². The number of carbonyl (C=O) groups excluding carboxylic acids is 1. The minimum Gasteiger partial charge on any atom is -0.466 e. The van der Waals surface area contributed by atoms with E-state index in [1.807, 2.05) is 6.92 Å². The fourth-order valence-corrected chi connectivity index (χ4v) is 2.60. The highest BCUT2D eigenvalue weighted by atomic mass is 16.5. The molecule has 0 radical (unpaired) electrons. The van der Waals surface area contributed by atoms with E-state index in [-0.39, 0.29) is 12.1 Å². The zero-order chi connectivity index (χ0) is 12.3. The van der Waals surface area contributed by atoms with Crippen molar-refractivity contribution >= 4 is 5.97 Å². The van der Waals surface area contributed by atoms with Crippen molar-refractivity contribution in [3.63, 3.8) is 0 Å². The molecule has 0 heterocycles. The summed E-state index contributed by atoms with van der Waals surface area (Å²) in [4.78, 5) is 11.5. The first-order valence-corrected chi connectivity index (χ1v) is 6.97. The molecule has 2 rings (SSSR count). The summed E-state index contributed by atoms with van der Waals surface area (Å²) in [6.45, 7) is 5.15. The maximum absolute atomic E-state index is 11.5. The van der Waals surface area contributed by atoms with Crippen molar-refractivity contribution in [2.75, 3.05) is 13.2 Å². The molecule has 0 aromatic rings. The molecule has 2 aliphatic rings. The van der Waals surface area contributed by atoms with E-state index in [0.717, 1.165) is 25.4 Å². The average Bonchev–Trinajstić information content (AvgIpc) is 3.11. The van der Waals surface area contributed by atoms with Crippen LogP contribution in [0.3, 0.4) is 0 Å². The van der Waals surface area contributed by atoms with E-state index in [9.17, 15) is 4.79 Å². The summed E-state index contributed by atoms with van der Waals surface area (Å²) < 4.78 is 10.7. The number of esters is 1. The molecule has 0 spiro atoms. The van der Waals surface area contributed by atoms with Gasteiger partial charge in [-0.2, -0.15) is 0 Å². The summed E-state index contributed by atoms with van der Waals surface area (Å²) in [7, 11) is 0.